The van der Waals surface area contributed by atoms with E-state index in [1.165, 1.54) is 25.0 Å². The van der Waals surface area contributed by atoms with Crippen molar-refractivity contribution < 1.29 is 0 Å². The zero-order chi connectivity index (χ0) is 14.4. The third kappa shape index (κ3) is 2.41. The average molecular weight is 304 g/mol. The molecule has 0 aromatic carbocycles. The molecule has 0 spiro atoms. The van der Waals surface area contributed by atoms with Crippen LogP contribution >= 0.6 is 11.3 Å². The first-order valence-corrected chi connectivity index (χ1v) is 8.96. The largest absolute Gasteiger partial charge is 0.311 e. The Morgan fingerprint density at radius 1 is 1.48 bits per heavy atom. The summed E-state index contributed by atoms with van der Waals surface area (Å²) in [6.07, 6.45) is 8.29. The van der Waals surface area contributed by atoms with Crippen LogP contribution in [0.15, 0.2) is 17.8 Å². The normalized spacial score (nSPS) is 31.0. The van der Waals surface area contributed by atoms with Crippen LogP contribution in [0.25, 0.3) is 4.96 Å². The van der Waals surface area contributed by atoms with Gasteiger partial charge in [0.25, 0.3) is 0 Å². The zero-order valence-electron chi connectivity index (χ0n) is 12.9. The molecule has 2 aromatic rings. The average Bonchev–Trinajstić information content (AvgIpc) is 3.14. The number of piperazine rings is 1. The molecule has 2 aliphatic rings. The third-order valence-electron chi connectivity index (χ3n) is 5.36. The highest BCUT2D eigenvalue weighted by molar-refractivity contribution is 7.15. The van der Waals surface area contributed by atoms with Gasteiger partial charge in [-0.05, 0) is 32.1 Å². The van der Waals surface area contributed by atoms with Crippen LogP contribution in [0.4, 0.5) is 0 Å². The molecule has 1 N–H and O–H groups in total. The van der Waals surface area contributed by atoms with Gasteiger partial charge in [0.15, 0.2) is 4.96 Å². The Morgan fingerprint density at radius 3 is 3.05 bits per heavy atom. The standard InChI is InChI=1S/C16H24N4S/c1-3-13-9-20(16(2,11-17-13)12-4-5-12)10-14-8-19-6-7-21-15(19)18-14/h6-8,12-13,17H,3-5,9-11H2,1-2H3. The lowest BCUT2D eigenvalue weighted by Gasteiger charge is -2.48. The second-order valence-corrected chi connectivity index (χ2v) is 7.70. The molecule has 0 amide bonds. The summed E-state index contributed by atoms with van der Waals surface area (Å²) in [5.41, 5.74) is 1.52. The van der Waals surface area contributed by atoms with E-state index in [2.05, 4.69) is 46.2 Å². The minimum absolute atomic E-state index is 0.308. The molecular formula is C16H24N4S. The van der Waals surface area contributed by atoms with E-state index in [9.17, 15) is 0 Å². The molecule has 4 nitrogen and oxygen atoms in total. The third-order valence-corrected chi connectivity index (χ3v) is 6.13. The SMILES string of the molecule is CCC1CN(Cc2cn3ccsc3n2)C(C)(C2CC2)CN1. The van der Waals surface area contributed by atoms with Crippen molar-refractivity contribution in [3.05, 3.63) is 23.5 Å². The van der Waals surface area contributed by atoms with Gasteiger partial charge in [-0.2, -0.15) is 0 Å². The van der Waals surface area contributed by atoms with Crippen molar-refractivity contribution in [1.82, 2.24) is 19.6 Å². The molecule has 5 heteroatoms. The number of thiazole rings is 1. The number of imidazole rings is 1. The van der Waals surface area contributed by atoms with Crippen LogP contribution in [0.3, 0.4) is 0 Å². The van der Waals surface area contributed by atoms with Crippen LogP contribution in [-0.2, 0) is 6.54 Å². The van der Waals surface area contributed by atoms with Crippen LogP contribution < -0.4 is 5.32 Å². The summed E-state index contributed by atoms with van der Waals surface area (Å²) in [5.74, 6) is 0.867. The van der Waals surface area contributed by atoms with Gasteiger partial charge >= 0.3 is 0 Å². The van der Waals surface area contributed by atoms with Gasteiger partial charge in [-0.1, -0.05) is 6.92 Å². The topological polar surface area (TPSA) is 32.6 Å². The summed E-state index contributed by atoms with van der Waals surface area (Å²) in [4.78, 5) is 8.59. The molecule has 4 rings (SSSR count). The van der Waals surface area contributed by atoms with Crippen molar-refractivity contribution in [3.63, 3.8) is 0 Å². The zero-order valence-corrected chi connectivity index (χ0v) is 13.7. The van der Waals surface area contributed by atoms with E-state index in [0.29, 0.717) is 11.6 Å². The highest BCUT2D eigenvalue weighted by Gasteiger charge is 2.48. The number of hydrogen-bond acceptors (Lipinski definition) is 4. The van der Waals surface area contributed by atoms with Crippen molar-refractivity contribution in [3.8, 4) is 0 Å². The first-order valence-electron chi connectivity index (χ1n) is 8.08. The predicted octanol–water partition coefficient (Wildman–Crippen LogP) is 2.75. The van der Waals surface area contributed by atoms with E-state index < -0.39 is 0 Å². The smallest absolute Gasteiger partial charge is 0.193 e. The Morgan fingerprint density at radius 2 is 2.33 bits per heavy atom. The summed E-state index contributed by atoms with van der Waals surface area (Å²) in [6, 6.07) is 0.626. The first kappa shape index (κ1) is 13.7. The van der Waals surface area contributed by atoms with E-state index in [1.54, 1.807) is 11.3 Å². The van der Waals surface area contributed by atoms with Crippen molar-refractivity contribution in [2.45, 2.75) is 51.2 Å². The number of fused-ring (bicyclic) bond motifs is 1. The van der Waals surface area contributed by atoms with Crippen LogP contribution in [-0.4, -0.2) is 39.0 Å². The van der Waals surface area contributed by atoms with E-state index in [4.69, 9.17) is 4.98 Å². The lowest BCUT2D eigenvalue weighted by atomic mass is 9.89. The van der Waals surface area contributed by atoms with E-state index in [0.717, 1.165) is 30.5 Å². The molecule has 0 bridgehead atoms. The molecule has 1 saturated carbocycles. The first-order chi connectivity index (χ1) is 10.2. The monoisotopic (exact) mass is 304 g/mol. The fourth-order valence-electron chi connectivity index (χ4n) is 3.68. The second-order valence-electron chi connectivity index (χ2n) is 6.82. The van der Waals surface area contributed by atoms with Crippen molar-refractivity contribution in [1.29, 1.82) is 0 Å². The number of nitrogens with zero attached hydrogens (tertiary/aromatic N) is 3. The Balaban J connectivity index is 1.58. The highest BCUT2D eigenvalue weighted by Crippen LogP contribution is 2.44. The van der Waals surface area contributed by atoms with Gasteiger partial charge in [0.05, 0.1) is 5.69 Å². The molecule has 21 heavy (non-hydrogen) atoms. The molecule has 1 saturated heterocycles. The lowest BCUT2D eigenvalue weighted by molar-refractivity contribution is 0.0262. The second kappa shape index (κ2) is 5.07. The quantitative estimate of drug-likeness (QED) is 0.943. The van der Waals surface area contributed by atoms with Crippen LogP contribution in [0, 0.1) is 5.92 Å². The van der Waals surface area contributed by atoms with Crippen molar-refractivity contribution in [2.75, 3.05) is 13.1 Å². The lowest BCUT2D eigenvalue weighted by Crippen LogP contribution is -2.63. The summed E-state index contributed by atoms with van der Waals surface area (Å²) >= 11 is 1.71. The van der Waals surface area contributed by atoms with Crippen molar-refractivity contribution in [2.24, 2.45) is 5.92 Å². The number of rotatable bonds is 4. The van der Waals surface area contributed by atoms with Crippen LogP contribution in [0.1, 0.15) is 38.8 Å². The minimum Gasteiger partial charge on any atom is -0.311 e. The van der Waals surface area contributed by atoms with Gasteiger partial charge in [-0.25, -0.2) is 4.98 Å². The molecule has 1 aliphatic heterocycles. The highest BCUT2D eigenvalue weighted by atomic mass is 32.1. The summed E-state index contributed by atoms with van der Waals surface area (Å²) in [5, 5.41) is 5.85. The Labute approximate surface area is 130 Å². The summed E-state index contributed by atoms with van der Waals surface area (Å²) in [6.45, 7) is 7.98. The van der Waals surface area contributed by atoms with Crippen molar-refractivity contribution >= 4 is 16.3 Å². The molecular weight excluding hydrogens is 280 g/mol. The van der Waals surface area contributed by atoms with E-state index in [-0.39, 0.29) is 0 Å². The number of aromatic nitrogens is 2. The van der Waals surface area contributed by atoms with Gasteiger partial charge in [-0.15, -0.1) is 11.3 Å². The molecule has 1 aliphatic carbocycles. The van der Waals surface area contributed by atoms with Crippen LogP contribution in [0.2, 0.25) is 0 Å². The summed E-state index contributed by atoms with van der Waals surface area (Å²) < 4.78 is 2.15. The fourth-order valence-corrected chi connectivity index (χ4v) is 4.40. The Kier molecular flexibility index (Phi) is 3.32. The number of nitrogens with one attached hydrogen (secondary N) is 1. The maximum atomic E-state index is 4.78. The fraction of sp³-hybridized carbons (Fsp3) is 0.688. The van der Waals surface area contributed by atoms with E-state index in [1.807, 2.05) is 0 Å². The maximum Gasteiger partial charge on any atom is 0.193 e. The Hall–Kier alpha value is -0.910. The molecule has 114 valence electrons. The molecule has 2 unspecified atom stereocenters. The predicted molar refractivity (Wildman–Crippen MR) is 86.7 cm³/mol. The molecule has 3 heterocycles. The van der Waals surface area contributed by atoms with Gasteiger partial charge in [0, 0.05) is 49.0 Å². The Bertz CT molecular complexity index is 601. The summed E-state index contributed by atoms with van der Waals surface area (Å²) in [7, 11) is 0. The number of hydrogen-bond donors (Lipinski definition) is 1. The van der Waals surface area contributed by atoms with E-state index >= 15 is 0 Å². The molecule has 0 radical (unpaired) electrons. The minimum atomic E-state index is 0.308. The van der Waals surface area contributed by atoms with Gasteiger partial charge < -0.3 is 5.32 Å². The van der Waals surface area contributed by atoms with Gasteiger partial charge in [-0.3, -0.25) is 9.30 Å². The molecule has 2 fully saturated rings. The molecule has 2 atom stereocenters. The maximum absolute atomic E-state index is 4.78. The molecule has 2 aromatic heterocycles. The van der Waals surface area contributed by atoms with Gasteiger partial charge in [0.1, 0.15) is 0 Å². The van der Waals surface area contributed by atoms with Crippen LogP contribution in [0.5, 0.6) is 0 Å². The van der Waals surface area contributed by atoms with Gasteiger partial charge in [0.2, 0.25) is 0 Å².